The molecule has 8 heteroatoms. The van der Waals surface area contributed by atoms with E-state index in [0.717, 1.165) is 6.07 Å². The predicted octanol–water partition coefficient (Wildman–Crippen LogP) is 2.95. The molecular formula is C10H8BrF3N2O2. The fourth-order valence-electron chi connectivity index (χ4n) is 1.30. The van der Waals surface area contributed by atoms with Crippen molar-refractivity contribution >= 4 is 15.9 Å². The van der Waals surface area contributed by atoms with E-state index in [9.17, 15) is 13.2 Å². The maximum atomic E-state index is 12.1. The van der Waals surface area contributed by atoms with Crippen LogP contribution in [0.1, 0.15) is 11.1 Å². The highest BCUT2D eigenvalue weighted by Crippen LogP contribution is 2.30. The SMILES string of the molecule is COc1nc(OC(F)(F)F)cc(CC#N)c1CBr. The Labute approximate surface area is 109 Å². The van der Waals surface area contributed by atoms with Crippen LogP contribution in [0.5, 0.6) is 11.8 Å². The summed E-state index contributed by atoms with van der Waals surface area (Å²) in [6, 6.07) is 2.94. The molecule has 0 N–H and O–H groups in total. The molecule has 0 bridgehead atoms. The number of rotatable bonds is 4. The van der Waals surface area contributed by atoms with E-state index in [-0.39, 0.29) is 12.3 Å². The summed E-state index contributed by atoms with van der Waals surface area (Å²) in [4.78, 5) is 3.59. The van der Waals surface area contributed by atoms with Crippen molar-refractivity contribution in [1.82, 2.24) is 4.98 Å². The van der Waals surface area contributed by atoms with Crippen LogP contribution >= 0.6 is 15.9 Å². The Balaban J connectivity index is 3.23. The van der Waals surface area contributed by atoms with Crippen molar-refractivity contribution in [3.05, 3.63) is 17.2 Å². The van der Waals surface area contributed by atoms with Crippen LogP contribution in [-0.4, -0.2) is 18.5 Å². The zero-order chi connectivity index (χ0) is 13.8. The fourth-order valence-corrected chi connectivity index (χ4v) is 1.90. The minimum absolute atomic E-state index is 0.00104. The van der Waals surface area contributed by atoms with Gasteiger partial charge in [0.2, 0.25) is 11.8 Å². The van der Waals surface area contributed by atoms with Gasteiger partial charge in [-0.2, -0.15) is 10.2 Å². The Kier molecular flexibility index (Phi) is 4.78. The van der Waals surface area contributed by atoms with E-state index in [0.29, 0.717) is 16.5 Å². The molecule has 0 saturated heterocycles. The summed E-state index contributed by atoms with van der Waals surface area (Å²) >= 11 is 3.16. The average Bonchev–Trinajstić information content (AvgIpc) is 2.26. The smallest absolute Gasteiger partial charge is 0.481 e. The lowest BCUT2D eigenvalue weighted by molar-refractivity contribution is -0.276. The monoisotopic (exact) mass is 324 g/mol. The van der Waals surface area contributed by atoms with E-state index in [1.165, 1.54) is 7.11 Å². The van der Waals surface area contributed by atoms with E-state index in [1.807, 2.05) is 6.07 Å². The molecule has 0 radical (unpaired) electrons. The van der Waals surface area contributed by atoms with Crippen LogP contribution in [0.15, 0.2) is 6.07 Å². The van der Waals surface area contributed by atoms with E-state index in [1.54, 1.807) is 0 Å². The molecule has 0 saturated carbocycles. The maximum Gasteiger partial charge on any atom is 0.574 e. The van der Waals surface area contributed by atoms with Gasteiger partial charge in [-0.15, -0.1) is 13.2 Å². The first-order valence-electron chi connectivity index (χ1n) is 4.66. The first kappa shape index (κ1) is 14.6. The van der Waals surface area contributed by atoms with Crippen molar-refractivity contribution in [1.29, 1.82) is 5.26 Å². The van der Waals surface area contributed by atoms with Gasteiger partial charge in [0.1, 0.15) is 0 Å². The Hall–Kier alpha value is -1.49. The highest BCUT2D eigenvalue weighted by Gasteiger charge is 2.32. The Morgan fingerprint density at radius 1 is 1.50 bits per heavy atom. The number of ether oxygens (including phenoxy) is 2. The lowest BCUT2D eigenvalue weighted by Gasteiger charge is -2.13. The molecule has 18 heavy (non-hydrogen) atoms. The number of halogens is 4. The van der Waals surface area contributed by atoms with Crippen LogP contribution in [-0.2, 0) is 11.8 Å². The van der Waals surface area contributed by atoms with Gasteiger partial charge in [0, 0.05) is 17.0 Å². The van der Waals surface area contributed by atoms with E-state index < -0.39 is 12.2 Å². The first-order chi connectivity index (χ1) is 8.41. The van der Waals surface area contributed by atoms with Gasteiger partial charge < -0.3 is 9.47 Å². The largest absolute Gasteiger partial charge is 0.574 e. The highest BCUT2D eigenvalue weighted by atomic mass is 79.9. The third kappa shape index (κ3) is 3.77. The Bertz CT molecular complexity index is 471. The summed E-state index contributed by atoms with van der Waals surface area (Å²) in [5.41, 5.74) is 0.897. The number of pyridine rings is 1. The standard InChI is InChI=1S/C10H8BrF3N2O2/c1-17-9-7(5-11)6(2-3-15)4-8(16-9)18-10(12,13)14/h4H,2,5H2,1H3. The van der Waals surface area contributed by atoms with E-state index >= 15 is 0 Å². The van der Waals surface area contributed by atoms with Gasteiger partial charge in [-0.05, 0) is 5.56 Å². The maximum absolute atomic E-state index is 12.1. The molecule has 0 unspecified atom stereocenters. The normalized spacial score (nSPS) is 10.9. The number of alkyl halides is 4. The van der Waals surface area contributed by atoms with Gasteiger partial charge >= 0.3 is 6.36 Å². The number of hydrogen-bond donors (Lipinski definition) is 0. The third-order valence-corrected chi connectivity index (χ3v) is 2.53. The number of methoxy groups -OCH3 is 1. The molecule has 0 aliphatic heterocycles. The van der Waals surface area contributed by atoms with Crippen molar-refractivity contribution < 1.29 is 22.6 Å². The molecule has 0 spiro atoms. The number of nitrogens with zero attached hydrogens (tertiary/aromatic N) is 2. The molecule has 0 aliphatic carbocycles. The lowest BCUT2D eigenvalue weighted by Crippen LogP contribution is -2.18. The van der Waals surface area contributed by atoms with Gasteiger partial charge in [0.05, 0.1) is 19.6 Å². The summed E-state index contributed by atoms with van der Waals surface area (Å²) in [7, 11) is 1.28. The molecule has 0 amide bonds. The lowest BCUT2D eigenvalue weighted by atomic mass is 10.1. The van der Waals surface area contributed by atoms with Gasteiger partial charge in [-0.1, -0.05) is 15.9 Å². The molecule has 1 aromatic rings. The average molecular weight is 325 g/mol. The number of hydrogen-bond acceptors (Lipinski definition) is 4. The van der Waals surface area contributed by atoms with Crippen molar-refractivity contribution in [2.24, 2.45) is 0 Å². The number of aromatic nitrogens is 1. The summed E-state index contributed by atoms with van der Waals surface area (Å²) < 4.78 is 44.9. The molecule has 1 heterocycles. The second kappa shape index (κ2) is 5.91. The van der Waals surface area contributed by atoms with Crippen molar-refractivity contribution in [3.63, 3.8) is 0 Å². The molecular weight excluding hydrogens is 317 g/mol. The second-order valence-electron chi connectivity index (χ2n) is 3.12. The van der Waals surface area contributed by atoms with Crippen LogP contribution in [0, 0.1) is 11.3 Å². The summed E-state index contributed by atoms with van der Waals surface area (Å²) in [5.74, 6) is -0.645. The van der Waals surface area contributed by atoms with Gasteiger partial charge in [0.15, 0.2) is 0 Å². The van der Waals surface area contributed by atoms with Crippen LogP contribution in [0.2, 0.25) is 0 Å². The summed E-state index contributed by atoms with van der Waals surface area (Å²) in [5, 5.41) is 8.95. The zero-order valence-electron chi connectivity index (χ0n) is 9.21. The van der Waals surface area contributed by atoms with Crippen molar-refractivity contribution in [3.8, 4) is 17.8 Å². The molecule has 98 valence electrons. The number of nitriles is 1. The highest BCUT2D eigenvalue weighted by molar-refractivity contribution is 9.08. The van der Waals surface area contributed by atoms with Crippen molar-refractivity contribution in [2.45, 2.75) is 18.1 Å². The summed E-state index contributed by atoms with van der Waals surface area (Å²) in [6.45, 7) is 0. The fraction of sp³-hybridized carbons (Fsp3) is 0.400. The van der Waals surface area contributed by atoms with Crippen LogP contribution < -0.4 is 9.47 Å². The van der Waals surface area contributed by atoms with Crippen LogP contribution in [0.4, 0.5) is 13.2 Å². The molecule has 0 atom stereocenters. The molecule has 1 rings (SSSR count). The van der Waals surface area contributed by atoms with E-state index in [2.05, 4.69) is 25.7 Å². The zero-order valence-corrected chi connectivity index (χ0v) is 10.8. The quantitative estimate of drug-likeness (QED) is 0.799. The van der Waals surface area contributed by atoms with Gasteiger partial charge in [0.25, 0.3) is 0 Å². The minimum atomic E-state index is -4.84. The predicted molar refractivity (Wildman–Crippen MR) is 59.4 cm³/mol. The molecule has 0 fully saturated rings. The second-order valence-corrected chi connectivity index (χ2v) is 3.68. The molecule has 4 nitrogen and oxygen atoms in total. The minimum Gasteiger partial charge on any atom is -0.481 e. The molecule has 0 aliphatic rings. The Morgan fingerprint density at radius 2 is 2.17 bits per heavy atom. The topological polar surface area (TPSA) is 55.1 Å². The van der Waals surface area contributed by atoms with Crippen LogP contribution in [0.3, 0.4) is 0 Å². The third-order valence-electron chi connectivity index (χ3n) is 1.97. The molecule has 1 aromatic heterocycles. The Morgan fingerprint density at radius 3 is 2.61 bits per heavy atom. The van der Waals surface area contributed by atoms with Crippen LogP contribution in [0.25, 0.3) is 0 Å². The van der Waals surface area contributed by atoms with Gasteiger partial charge in [-0.3, -0.25) is 0 Å². The molecule has 0 aromatic carbocycles. The van der Waals surface area contributed by atoms with E-state index in [4.69, 9.17) is 10.00 Å². The first-order valence-corrected chi connectivity index (χ1v) is 5.79. The van der Waals surface area contributed by atoms with Crippen molar-refractivity contribution in [2.75, 3.05) is 7.11 Å². The summed E-state index contributed by atoms with van der Waals surface area (Å²) in [6.07, 6.45) is -4.90. The van der Waals surface area contributed by atoms with Gasteiger partial charge in [-0.25, -0.2) is 0 Å².